The minimum Gasteiger partial charge on any atom is -0.438 e. The Balaban J connectivity index is 1.37. The molecule has 2 aromatic carbocycles. The van der Waals surface area contributed by atoms with E-state index in [0.717, 1.165) is 28.9 Å². The molecule has 5 rings (SSSR count). The van der Waals surface area contributed by atoms with E-state index in [-0.39, 0.29) is 16.9 Å². The molecule has 3 heterocycles. The molecule has 37 heavy (non-hydrogen) atoms. The number of ether oxygens (including phenoxy) is 1. The molecule has 0 saturated carbocycles. The summed E-state index contributed by atoms with van der Waals surface area (Å²) in [7, 11) is 0. The van der Waals surface area contributed by atoms with E-state index in [1.54, 1.807) is 36.5 Å². The summed E-state index contributed by atoms with van der Waals surface area (Å²) in [5.41, 5.74) is -0.536. The maximum atomic E-state index is 13.1. The fourth-order valence-electron chi connectivity index (χ4n) is 3.60. The van der Waals surface area contributed by atoms with Gasteiger partial charge in [-0.1, -0.05) is 6.07 Å². The monoisotopic (exact) mass is 506 g/mol. The maximum Gasteiger partial charge on any atom is 0.416 e. The Morgan fingerprint density at radius 3 is 2.59 bits per heavy atom. The van der Waals surface area contributed by atoms with Crippen LogP contribution in [-0.2, 0) is 6.18 Å². The van der Waals surface area contributed by atoms with Crippen LogP contribution < -0.4 is 15.6 Å². The van der Waals surface area contributed by atoms with E-state index in [2.05, 4.69) is 25.4 Å². The smallest absolute Gasteiger partial charge is 0.416 e. The quantitative estimate of drug-likeness (QED) is 0.351. The van der Waals surface area contributed by atoms with Gasteiger partial charge in [-0.25, -0.2) is 9.97 Å². The fourth-order valence-corrected chi connectivity index (χ4v) is 3.60. The van der Waals surface area contributed by atoms with Gasteiger partial charge in [0.05, 0.1) is 16.6 Å². The second-order valence-electron chi connectivity index (χ2n) is 7.97. The van der Waals surface area contributed by atoms with Gasteiger partial charge in [0.1, 0.15) is 17.7 Å². The summed E-state index contributed by atoms with van der Waals surface area (Å²) in [6.45, 7) is 1.51. The van der Waals surface area contributed by atoms with Crippen molar-refractivity contribution in [1.82, 2.24) is 24.7 Å². The highest BCUT2D eigenvalue weighted by Crippen LogP contribution is 2.30. The predicted molar refractivity (Wildman–Crippen MR) is 128 cm³/mol. The Bertz CT molecular complexity index is 1680. The largest absolute Gasteiger partial charge is 0.438 e. The second-order valence-corrected chi connectivity index (χ2v) is 7.97. The van der Waals surface area contributed by atoms with Crippen molar-refractivity contribution >= 4 is 22.6 Å². The number of rotatable bonds is 5. The molecule has 12 heteroatoms. The van der Waals surface area contributed by atoms with Crippen LogP contribution in [0.5, 0.6) is 11.6 Å². The number of hydrogen-bond acceptors (Lipinski definition) is 6. The van der Waals surface area contributed by atoms with E-state index in [0.29, 0.717) is 28.4 Å². The Morgan fingerprint density at radius 2 is 1.84 bits per heavy atom. The van der Waals surface area contributed by atoms with Crippen LogP contribution in [-0.4, -0.2) is 30.6 Å². The summed E-state index contributed by atoms with van der Waals surface area (Å²) in [5, 5.41) is 7.41. The number of carbonyl (C=O) groups excluding carboxylic acids is 1. The van der Waals surface area contributed by atoms with Crippen LogP contribution in [0, 0.1) is 6.92 Å². The lowest BCUT2D eigenvalue weighted by Crippen LogP contribution is -2.27. The van der Waals surface area contributed by atoms with Gasteiger partial charge in [0.15, 0.2) is 5.69 Å². The van der Waals surface area contributed by atoms with Crippen LogP contribution in [0.3, 0.4) is 0 Å². The number of aromatic nitrogens is 5. The summed E-state index contributed by atoms with van der Waals surface area (Å²) < 4.78 is 45.9. The fraction of sp³-hybridized carbons (Fsp3) is 0.0800. The van der Waals surface area contributed by atoms with Gasteiger partial charge in [-0.3, -0.25) is 9.59 Å². The number of nitrogens with zero attached hydrogens (tertiary/aromatic N) is 4. The normalized spacial score (nSPS) is 11.5. The molecule has 0 saturated heterocycles. The van der Waals surface area contributed by atoms with E-state index in [1.165, 1.54) is 19.3 Å². The Labute approximate surface area is 206 Å². The first-order valence-electron chi connectivity index (χ1n) is 10.8. The maximum absolute atomic E-state index is 13.1. The van der Waals surface area contributed by atoms with E-state index < -0.39 is 23.2 Å². The zero-order valence-electron chi connectivity index (χ0n) is 19.1. The van der Waals surface area contributed by atoms with Crippen LogP contribution in [0.25, 0.3) is 16.7 Å². The van der Waals surface area contributed by atoms with Crippen molar-refractivity contribution in [3.8, 4) is 17.3 Å². The van der Waals surface area contributed by atoms with Gasteiger partial charge in [-0.05, 0) is 61.0 Å². The first-order valence-corrected chi connectivity index (χ1v) is 10.8. The third kappa shape index (κ3) is 4.89. The van der Waals surface area contributed by atoms with Gasteiger partial charge in [-0.15, -0.1) is 0 Å². The summed E-state index contributed by atoms with van der Waals surface area (Å²) in [6, 6.07) is 13.5. The van der Waals surface area contributed by atoms with Gasteiger partial charge < -0.3 is 15.0 Å². The zero-order valence-corrected chi connectivity index (χ0v) is 19.1. The van der Waals surface area contributed by atoms with Crippen molar-refractivity contribution in [3.63, 3.8) is 0 Å². The molecule has 0 unspecified atom stereocenters. The number of hydrogen-bond donors (Lipinski definition) is 2. The summed E-state index contributed by atoms with van der Waals surface area (Å²) >= 11 is 0. The van der Waals surface area contributed by atoms with Crippen molar-refractivity contribution in [2.45, 2.75) is 13.1 Å². The molecule has 9 nitrogen and oxygen atoms in total. The lowest BCUT2D eigenvalue weighted by atomic mass is 10.2. The van der Waals surface area contributed by atoms with Crippen molar-refractivity contribution in [3.05, 3.63) is 100 Å². The number of H-pyrrole nitrogens is 1. The number of halogens is 3. The van der Waals surface area contributed by atoms with Gasteiger partial charge in [0.25, 0.3) is 11.5 Å². The number of anilines is 1. The number of aromatic amines is 1. The van der Waals surface area contributed by atoms with Gasteiger partial charge in [0, 0.05) is 18.0 Å². The first-order chi connectivity index (χ1) is 17.7. The average Bonchev–Trinajstić information content (AvgIpc) is 3.35. The number of amides is 1. The molecule has 186 valence electrons. The average molecular weight is 506 g/mol. The molecule has 0 fully saturated rings. The third-order valence-electron chi connectivity index (χ3n) is 5.40. The van der Waals surface area contributed by atoms with E-state index in [9.17, 15) is 22.8 Å². The first kappa shape index (κ1) is 23.7. The highest BCUT2D eigenvalue weighted by molar-refractivity contribution is 6.03. The van der Waals surface area contributed by atoms with Crippen LogP contribution in [0.15, 0.2) is 78.0 Å². The molecule has 2 N–H and O–H groups in total. The standard InChI is InChI=1S/C25H17F3N6O3/c1-14-11-20(35)34(17-4-2-3-15(12-17)25(26,27)28)33-21(14)23(36)32-16-5-7-18(8-6-16)37-24-19-9-10-29-22(19)30-13-31-24/h2-13H,1H3,(H,32,36)(H,29,30,31). The van der Waals surface area contributed by atoms with Crippen molar-refractivity contribution in [1.29, 1.82) is 0 Å². The van der Waals surface area contributed by atoms with E-state index >= 15 is 0 Å². The number of alkyl halides is 3. The SMILES string of the molecule is Cc1cc(=O)n(-c2cccc(C(F)(F)F)c2)nc1C(=O)Nc1ccc(Oc2ncnc3[nH]ccc23)cc1. The summed E-state index contributed by atoms with van der Waals surface area (Å²) in [6.07, 6.45) is -1.50. The molecular formula is C25H17F3N6O3. The molecule has 0 aliphatic heterocycles. The van der Waals surface area contributed by atoms with Crippen LogP contribution >= 0.6 is 0 Å². The lowest BCUT2D eigenvalue weighted by molar-refractivity contribution is -0.137. The number of aryl methyl sites for hydroxylation is 1. The zero-order chi connectivity index (χ0) is 26.2. The van der Waals surface area contributed by atoms with Crippen LogP contribution in [0.4, 0.5) is 18.9 Å². The highest BCUT2D eigenvalue weighted by atomic mass is 19.4. The number of benzene rings is 2. The van der Waals surface area contributed by atoms with Crippen LogP contribution in [0.2, 0.25) is 0 Å². The Hall–Kier alpha value is -5.00. The van der Waals surface area contributed by atoms with Crippen LogP contribution in [0.1, 0.15) is 21.6 Å². The minimum atomic E-state index is -4.60. The van der Waals surface area contributed by atoms with E-state index in [1.807, 2.05) is 0 Å². The Morgan fingerprint density at radius 1 is 1.05 bits per heavy atom. The number of fused-ring (bicyclic) bond motifs is 1. The molecule has 0 spiro atoms. The molecule has 0 atom stereocenters. The molecular weight excluding hydrogens is 489 g/mol. The van der Waals surface area contributed by atoms with Gasteiger partial charge in [0.2, 0.25) is 5.88 Å². The highest BCUT2D eigenvalue weighted by Gasteiger charge is 2.30. The molecule has 1 amide bonds. The molecule has 0 aliphatic rings. The molecule has 0 aliphatic carbocycles. The summed E-state index contributed by atoms with van der Waals surface area (Å²) in [5.74, 6) is 0.183. The van der Waals surface area contributed by atoms with Crippen molar-refractivity contribution in [2.24, 2.45) is 0 Å². The van der Waals surface area contributed by atoms with Crippen molar-refractivity contribution < 1.29 is 22.7 Å². The van der Waals surface area contributed by atoms with Crippen molar-refractivity contribution in [2.75, 3.05) is 5.32 Å². The molecule has 0 radical (unpaired) electrons. The number of carbonyl (C=O) groups is 1. The number of nitrogens with one attached hydrogen (secondary N) is 2. The minimum absolute atomic E-state index is 0.114. The molecule has 3 aromatic heterocycles. The topological polar surface area (TPSA) is 115 Å². The van der Waals surface area contributed by atoms with Gasteiger partial charge in [-0.2, -0.15) is 23.0 Å². The van der Waals surface area contributed by atoms with E-state index in [4.69, 9.17) is 4.74 Å². The molecule has 5 aromatic rings. The van der Waals surface area contributed by atoms with Gasteiger partial charge >= 0.3 is 6.18 Å². The lowest BCUT2D eigenvalue weighted by Gasteiger charge is -2.12. The summed E-state index contributed by atoms with van der Waals surface area (Å²) in [4.78, 5) is 36.6. The second kappa shape index (κ2) is 9.22. The predicted octanol–water partition coefficient (Wildman–Crippen LogP) is 4.88. The molecule has 0 bridgehead atoms. The third-order valence-corrected chi connectivity index (χ3v) is 5.40. The Kier molecular flexibility index (Phi) is 5.91.